The van der Waals surface area contributed by atoms with Gasteiger partial charge in [-0.2, -0.15) is 0 Å². The van der Waals surface area contributed by atoms with Crippen molar-refractivity contribution < 1.29 is 13.2 Å². The Bertz CT molecular complexity index is 657. The highest BCUT2D eigenvalue weighted by Gasteiger charge is 2.11. The third kappa shape index (κ3) is 9.06. The van der Waals surface area contributed by atoms with Crippen LogP contribution in [0.5, 0.6) is 0 Å². The van der Waals surface area contributed by atoms with Gasteiger partial charge in [0.1, 0.15) is 0 Å². The van der Waals surface area contributed by atoms with Crippen molar-refractivity contribution in [3.8, 4) is 0 Å². The van der Waals surface area contributed by atoms with E-state index in [4.69, 9.17) is 0 Å². The molecule has 2 rings (SSSR count). The van der Waals surface area contributed by atoms with Crippen LogP contribution in [0.2, 0.25) is 0 Å². The van der Waals surface area contributed by atoms with Crippen LogP contribution in [-0.4, -0.2) is 39.2 Å². The second-order valence-corrected chi connectivity index (χ2v) is 8.92. The number of hydrogen-bond acceptors (Lipinski definition) is 4. The van der Waals surface area contributed by atoms with E-state index in [0.29, 0.717) is 18.2 Å². The first-order chi connectivity index (χ1) is 12.5. The van der Waals surface area contributed by atoms with Crippen molar-refractivity contribution in [2.45, 2.75) is 58.0 Å². The van der Waals surface area contributed by atoms with Gasteiger partial charge in [-0.1, -0.05) is 37.8 Å². The fourth-order valence-electron chi connectivity index (χ4n) is 3.11. The second-order valence-electron chi connectivity index (χ2n) is 6.82. The van der Waals surface area contributed by atoms with Crippen molar-refractivity contribution >= 4 is 28.3 Å². The van der Waals surface area contributed by atoms with Crippen LogP contribution >= 0.6 is 12.4 Å². The molecule has 0 aliphatic heterocycles. The van der Waals surface area contributed by atoms with Crippen LogP contribution in [-0.2, 0) is 16.6 Å². The first kappa shape index (κ1) is 23.9. The highest BCUT2D eigenvalue weighted by molar-refractivity contribution is 7.89. The predicted octanol–water partition coefficient (Wildman–Crippen LogP) is 2.59. The molecule has 0 heterocycles. The van der Waals surface area contributed by atoms with Gasteiger partial charge in [0.15, 0.2) is 0 Å². The van der Waals surface area contributed by atoms with Gasteiger partial charge in [0, 0.05) is 31.2 Å². The van der Waals surface area contributed by atoms with Crippen LogP contribution in [0.25, 0.3) is 0 Å². The Morgan fingerprint density at radius 3 is 2.26 bits per heavy atom. The minimum atomic E-state index is -3.21. The minimum absolute atomic E-state index is 0. The van der Waals surface area contributed by atoms with Crippen LogP contribution in [0.3, 0.4) is 0 Å². The Hall–Kier alpha value is -1.15. The van der Waals surface area contributed by atoms with Gasteiger partial charge < -0.3 is 10.6 Å². The topological polar surface area (TPSA) is 87.3 Å². The quantitative estimate of drug-likeness (QED) is 0.425. The van der Waals surface area contributed by atoms with E-state index in [1.165, 1.54) is 38.5 Å². The van der Waals surface area contributed by atoms with Crippen molar-refractivity contribution in [3.05, 3.63) is 35.4 Å². The highest BCUT2D eigenvalue weighted by Crippen LogP contribution is 2.16. The third-order valence-corrected chi connectivity index (χ3v) is 6.14. The third-order valence-electron chi connectivity index (χ3n) is 4.79. The first-order valence-electron chi connectivity index (χ1n) is 9.58. The van der Waals surface area contributed by atoms with E-state index in [1.807, 2.05) is 0 Å². The fraction of sp³-hybridized carbons (Fsp3) is 0.632. The molecule has 1 aliphatic carbocycles. The van der Waals surface area contributed by atoms with E-state index < -0.39 is 10.0 Å². The van der Waals surface area contributed by atoms with Crippen molar-refractivity contribution in [1.82, 2.24) is 15.4 Å². The zero-order chi connectivity index (χ0) is 18.8. The number of carbonyl (C=O) groups excluding carboxylic acids is 1. The minimum Gasteiger partial charge on any atom is -0.351 e. The Balaban J connectivity index is 0.00000364. The average Bonchev–Trinajstić information content (AvgIpc) is 2.93. The van der Waals surface area contributed by atoms with Crippen LogP contribution in [0.15, 0.2) is 24.3 Å². The number of sulfonamides is 1. The number of hydrogen-bond donors (Lipinski definition) is 3. The summed E-state index contributed by atoms with van der Waals surface area (Å²) in [6.45, 7) is 3.23. The van der Waals surface area contributed by atoms with Gasteiger partial charge in [-0.25, -0.2) is 13.1 Å². The molecule has 1 amide bonds. The molecule has 1 aromatic carbocycles. The molecule has 27 heavy (non-hydrogen) atoms. The van der Waals surface area contributed by atoms with E-state index in [2.05, 4.69) is 15.4 Å². The zero-order valence-corrected chi connectivity index (χ0v) is 17.6. The summed E-state index contributed by atoms with van der Waals surface area (Å²) in [5, 5.41) is 6.46. The summed E-state index contributed by atoms with van der Waals surface area (Å²) in [7, 11) is -3.21. The number of rotatable bonds is 9. The van der Waals surface area contributed by atoms with Gasteiger partial charge >= 0.3 is 0 Å². The molecule has 0 saturated heterocycles. The number of halogens is 1. The molecule has 8 heteroatoms. The Labute approximate surface area is 169 Å². The molecule has 1 aromatic rings. The van der Waals surface area contributed by atoms with E-state index in [0.717, 1.165) is 12.1 Å². The molecule has 0 atom stereocenters. The highest BCUT2D eigenvalue weighted by atomic mass is 35.5. The molecular weight excluding hydrogens is 386 g/mol. The normalized spacial score (nSPS) is 15.6. The van der Waals surface area contributed by atoms with E-state index in [9.17, 15) is 13.2 Å². The lowest BCUT2D eigenvalue weighted by Gasteiger charge is -2.16. The number of nitrogens with one attached hydrogen (secondary N) is 3. The summed E-state index contributed by atoms with van der Waals surface area (Å²) in [5.74, 6) is -0.0455. The molecule has 154 valence electrons. The predicted molar refractivity (Wildman–Crippen MR) is 112 cm³/mol. The second kappa shape index (κ2) is 12.3. The summed E-state index contributed by atoms with van der Waals surface area (Å²) in [6, 6.07) is 7.58. The van der Waals surface area contributed by atoms with Crippen LogP contribution in [0, 0.1) is 0 Å². The molecule has 0 radical (unpaired) electrons. The molecule has 1 aliphatic rings. The van der Waals surface area contributed by atoms with E-state index >= 15 is 0 Å². The lowest BCUT2D eigenvalue weighted by atomic mass is 10.1. The molecule has 0 unspecified atom stereocenters. The zero-order valence-electron chi connectivity index (χ0n) is 16.0. The van der Waals surface area contributed by atoms with E-state index in [1.54, 1.807) is 31.2 Å². The maximum atomic E-state index is 12.2. The van der Waals surface area contributed by atoms with Crippen molar-refractivity contribution in [2.24, 2.45) is 0 Å². The molecule has 0 spiro atoms. The largest absolute Gasteiger partial charge is 0.351 e. The molecular formula is C19H32ClN3O3S. The van der Waals surface area contributed by atoms with Gasteiger partial charge in [-0.15, -0.1) is 12.4 Å². The number of benzene rings is 1. The summed E-state index contributed by atoms with van der Waals surface area (Å²) >= 11 is 0. The van der Waals surface area contributed by atoms with Crippen LogP contribution in [0.1, 0.15) is 61.4 Å². The van der Waals surface area contributed by atoms with Gasteiger partial charge in [-0.3, -0.25) is 4.79 Å². The lowest BCUT2D eigenvalue weighted by Crippen LogP contribution is -2.36. The fourth-order valence-corrected chi connectivity index (χ4v) is 3.70. The van der Waals surface area contributed by atoms with Crippen molar-refractivity contribution in [1.29, 1.82) is 0 Å². The molecule has 6 nitrogen and oxygen atoms in total. The Kier molecular flexibility index (Phi) is 10.9. The first-order valence-corrected chi connectivity index (χ1v) is 11.2. The standard InChI is InChI=1S/C19H31N3O3S.ClH/c1-2-26(24,25)22-15-16-9-11-17(12-10-16)19(23)21-14-13-20-18-7-5-3-4-6-8-18;/h9-12,18,20,22H,2-8,13-15H2,1H3,(H,21,23);1H. The summed E-state index contributed by atoms with van der Waals surface area (Å²) < 4.78 is 25.4. The Morgan fingerprint density at radius 2 is 1.67 bits per heavy atom. The van der Waals surface area contributed by atoms with Crippen molar-refractivity contribution in [3.63, 3.8) is 0 Å². The summed E-state index contributed by atoms with van der Waals surface area (Å²) in [6.07, 6.45) is 7.74. The number of amides is 1. The average molecular weight is 418 g/mol. The SMILES string of the molecule is CCS(=O)(=O)NCc1ccc(C(=O)NCCNC2CCCCCC2)cc1.Cl. The molecule has 1 saturated carbocycles. The van der Waals surface area contributed by atoms with Gasteiger partial charge in [0.25, 0.3) is 5.91 Å². The maximum absolute atomic E-state index is 12.2. The monoisotopic (exact) mass is 417 g/mol. The summed E-state index contributed by atoms with van der Waals surface area (Å²) in [4.78, 5) is 12.2. The molecule has 3 N–H and O–H groups in total. The molecule has 1 fully saturated rings. The maximum Gasteiger partial charge on any atom is 0.251 e. The van der Waals surface area contributed by atoms with Gasteiger partial charge in [0.2, 0.25) is 10.0 Å². The van der Waals surface area contributed by atoms with Crippen LogP contribution < -0.4 is 15.4 Å². The smallest absolute Gasteiger partial charge is 0.251 e. The van der Waals surface area contributed by atoms with Crippen molar-refractivity contribution in [2.75, 3.05) is 18.8 Å². The van der Waals surface area contributed by atoms with Crippen LogP contribution in [0.4, 0.5) is 0 Å². The lowest BCUT2D eigenvalue weighted by molar-refractivity contribution is 0.0953. The number of carbonyl (C=O) groups is 1. The van der Waals surface area contributed by atoms with Gasteiger partial charge in [-0.05, 0) is 37.5 Å². The Morgan fingerprint density at radius 1 is 1.04 bits per heavy atom. The van der Waals surface area contributed by atoms with E-state index in [-0.39, 0.29) is 30.6 Å². The molecule has 0 bridgehead atoms. The van der Waals surface area contributed by atoms with Gasteiger partial charge in [0.05, 0.1) is 5.75 Å². The molecule has 0 aromatic heterocycles. The summed E-state index contributed by atoms with van der Waals surface area (Å²) in [5.41, 5.74) is 1.41.